The minimum Gasteiger partial charge on any atom is -0.481 e. The smallest absolute Gasteiger partial charge is 0.317 e. The fourth-order valence-electron chi connectivity index (χ4n) is 1.73. The van der Waals surface area contributed by atoms with Crippen molar-refractivity contribution >= 4 is 12.0 Å². The molecule has 2 amide bonds. The Morgan fingerprint density at radius 3 is 2.41 bits per heavy atom. The van der Waals surface area contributed by atoms with Crippen LogP contribution in [0.15, 0.2) is 0 Å². The molecule has 5 heteroatoms. The Morgan fingerprint density at radius 1 is 1.35 bits per heavy atom. The molecule has 1 fully saturated rings. The zero-order chi connectivity index (χ0) is 12.9. The molecule has 0 spiro atoms. The molecule has 0 aliphatic heterocycles. The first kappa shape index (κ1) is 13.8. The maximum Gasteiger partial charge on any atom is 0.317 e. The molecule has 1 rings (SSSR count). The number of carbonyl (C=O) groups excluding carboxylic acids is 1. The van der Waals surface area contributed by atoms with E-state index in [0.29, 0.717) is 19.4 Å². The summed E-state index contributed by atoms with van der Waals surface area (Å²) in [6.45, 7) is 5.66. The molecule has 0 unspecified atom stereocenters. The fourth-order valence-corrected chi connectivity index (χ4v) is 1.73. The van der Waals surface area contributed by atoms with E-state index in [4.69, 9.17) is 5.11 Å². The third kappa shape index (κ3) is 3.61. The number of carboxylic acids is 1. The number of hydrogen-bond donors (Lipinski definition) is 2. The first-order valence-corrected chi connectivity index (χ1v) is 6.32. The van der Waals surface area contributed by atoms with Crippen LogP contribution in [-0.2, 0) is 4.79 Å². The van der Waals surface area contributed by atoms with Crippen LogP contribution < -0.4 is 5.32 Å². The largest absolute Gasteiger partial charge is 0.481 e. The Kier molecular flexibility index (Phi) is 4.78. The molecule has 0 aromatic rings. The lowest BCUT2D eigenvalue weighted by atomic mass is 10.1. The molecule has 0 heterocycles. The van der Waals surface area contributed by atoms with Crippen molar-refractivity contribution in [2.75, 3.05) is 19.6 Å². The van der Waals surface area contributed by atoms with Crippen LogP contribution in [0.1, 0.15) is 39.5 Å². The predicted molar refractivity (Wildman–Crippen MR) is 64.9 cm³/mol. The van der Waals surface area contributed by atoms with Crippen LogP contribution in [0.4, 0.5) is 4.79 Å². The maximum absolute atomic E-state index is 11.8. The van der Waals surface area contributed by atoms with Crippen molar-refractivity contribution < 1.29 is 14.7 Å². The summed E-state index contributed by atoms with van der Waals surface area (Å²) in [4.78, 5) is 24.5. The SMILES string of the molecule is CCCCN(CC)C(=O)NCC1(C(=O)O)CC1. The average Bonchev–Trinajstić information content (AvgIpc) is 3.08. The van der Waals surface area contributed by atoms with Gasteiger partial charge in [0.2, 0.25) is 0 Å². The second-order valence-electron chi connectivity index (χ2n) is 4.68. The van der Waals surface area contributed by atoms with Crippen molar-refractivity contribution in [3.63, 3.8) is 0 Å². The van der Waals surface area contributed by atoms with Crippen molar-refractivity contribution in [2.45, 2.75) is 39.5 Å². The Labute approximate surface area is 102 Å². The summed E-state index contributed by atoms with van der Waals surface area (Å²) < 4.78 is 0. The molecule has 1 aliphatic carbocycles. The molecular weight excluding hydrogens is 220 g/mol. The zero-order valence-electron chi connectivity index (χ0n) is 10.7. The Morgan fingerprint density at radius 2 is 2.00 bits per heavy atom. The lowest BCUT2D eigenvalue weighted by molar-refractivity contribution is -0.143. The van der Waals surface area contributed by atoms with Gasteiger partial charge in [-0.1, -0.05) is 13.3 Å². The summed E-state index contributed by atoms with van der Waals surface area (Å²) in [6, 6.07) is -0.145. The summed E-state index contributed by atoms with van der Waals surface area (Å²) in [7, 11) is 0. The van der Waals surface area contributed by atoms with Gasteiger partial charge >= 0.3 is 12.0 Å². The summed E-state index contributed by atoms with van der Waals surface area (Å²) in [5.41, 5.74) is -0.681. The minimum atomic E-state index is -0.797. The van der Waals surface area contributed by atoms with E-state index in [2.05, 4.69) is 12.2 Å². The summed E-state index contributed by atoms with van der Waals surface area (Å²) in [6.07, 6.45) is 3.36. The molecule has 0 aromatic carbocycles. The van der Waals surface area contributed by atoms with Gasteiger partial charge in [-0.15, -0.1) is 0 Å². The van der Waals surface area contributed by atoms with Crippen LogP contribution in [-0.4, -0.2) is 41.6 Å². The third-order valence-corrected chi connectivity index (χ3v) is 3.34. The van der Waals surface area contributed by atoms with Crippen molar-refractivity contribution in [3.05, 3.63) is 0 Å². The second-order valence-corrected chi connectivity index (χ2v) is 4.68. The molecule has 0 radical (unpaired) electrons. The molecular formula is C12H22N2O3. The van der Waals surface area contributed by atoms with Crippen molar-refractivity contribution in [3.8, 4) is 0 Å². The standard InChI is InChI=1S/C12H22N2O3/c1-3-5-8-14(4-2)11(17)13-9-12(6-7-12)10(15)16/h3-9H2,1-2H3,(H,13,17)(H,15,16). The van der Waals surface area contributed by atoms with Gasteiger partial charge in [-0.2, -0.15) is 0 Å². The average molecular weight is 242 g/mol. The fraction of sp³-hybridized carbons (Fsp3) is 0.833. The number of amides is 2. The number of urea groups is 1. The molecule has 0 bridgehead atoms. The van der Waals surface area contributed by atoms with Crippen LogP contribution in [0.5, 0.6) is 0 Å². The van der Waals surface area contributed by atoms with Gasteiger partial charge < -0.3 is 15.3 Å². The molecule has 0 saturated heterocycles. The molecule has 5 nitrogen and oxygen atoms in total. The quantitative estimate of drug-likeness (QED) is 0.713. The monoisotopic (exact) mass is 242 g/mol. The Bertz CT molecular complexity index is 287. The molecule has 2 N–H and O–H groups in total. The van der Waals surface area contributed by atoms with Crippen LogP contribution in [0, 0.1) is 5.41 Å². The van der Waals surface area contributed by atoms with E-state index in [1.54, 1.807) is 4.90 Å². The highest BCUT2D eigenvalue weighted by Gasteiger charge is 2.50. The van der Waals surface area contributed by atoms with Gasteiger partial charge in [0.05, 0.1) is 5.41 Å². The molecule has 98 valence electrons. The number of nitrogens with zero attached hydrogens (tertiary/aromatic N) is 1. The van der Waals surface area contributed by atoms with E-state index in [-0.39, 0.29) is 12.6 Å². The van der Waals surface area contributed by atoms with E-state index in [9.17, 15) is 9.59 Å². The lowest BCUT2D eigenvalue weighted by Gasteiger charge is -2.22. The number of carbonyl (C=O) groups is 2. The molecule has 0 atom stereocenters. The minimum absolute atomic E-state index is 0.145. The van der Waals surface area contributed by atoms with Crippen molar-refractivity contribution in [2.24, 2.45) is 5.41 Å². The molecule has 1 saturated carbocycles. The normalized spacial score (nSPS) is 16.4. The zero-order valence-corrected chi connectivity index (χ0v) is 10.7. The van der Waals surface area contributed by atoms with Gasteiger partial charge in [-0.25, -0.2) is 4.79 Å². The number of aliphatic carboxylic acids is 1. The summed E-state index contributed by atoms with van der Waals surface area (Å²) in [5, 5.41) is 11.7. The van der Waals surface area contributed by atoms with E-state index in [0.717, 1.165) is 19.4 Å². The lowest BCUT2D eigenvalue weighted by Crippen LogP contribution is -2.43. The van der Waals surface area contributed by atoms with Crippen molar-refractivity contribution in [1.29, 1.82) is 0 Å². The molecule has 17 heavy (non-hydrogen) atoms. The number of rotatable bonds is 7. The predicted octanol–water partition coefficient (Wildman–Crippen LogP) is 1.68. The maximum atomic E-state index is 11.8. The first-order chi connectivity index (χ1) is 8.05. The summed E-state index contributed by atoms with van der Waals surface area (Å²) >= 11 is 0. The van der Waals surface area contributed by atoms with Gasteiger partial charge in [0.15, 0.2) is 0 Å². The number of carboxylic acid groups (broad SMARTS) is 1. The highest BCUT2D eigenvalue weighted by Crippen LogP contribution is 2.45. The Balaban J connectivity index is 2.35. The summed E-state index contributed by atoms with van der Waals surface area (Å²) in [5.74, 6) is -0.797. The molecule has 1 aliphatic rings. The highest BCUT2D eigenvalue weighted by atomic mass is 16.4. The van der Waals surface area contributed by atoms with Gasteiger partial charge in [0.25, 0.3) is 0 Å². The second kappa shape index (κ2) is 5.89. The van der Waals surface area contributed by atoms with Crippen LogP contribution >= 0.6 is 0 Å². The third-order valence-electron chi connectivity index (χ3n) is 3.34. The van der Waals surface area contributed by atoms with Gasteiger partial charge in [-0.05, 0) is 26.2 Å². The number of nitrogens with one attached hydrogen (secondary N) is 1. The highest BCUT2D eigenvalue weighted by molar-refractivity contribution is 5.80. The van der Waals surface area contributed by atoms with Gasteiger partial charge in [0.1, 0.15) is 0 Å². The van der Waals surface area contributed by atoms with E-state index in [1.165, 1.54) is 0 Å². The topological polar surface area (TPSA) is 69.6 Å². The van der Waals surface area contributed by atoms with E-state index >= 15 is 0 Å². The van der Waals surface area contributed by atoms with Gasteiger partial charge in [-0.3, -0.25) is 4.79 Å². The van der Waals surface area contributed by atoms with Gasteiger partial charge in [0, 0.05) is 19.6 Å². The first-order valence-electron chi connectivity index (χ1n) is 6.32. The van der Waals surface area contributed by atoms with Crippen LogP contribution in [0.2, 0.25) is 0 Å². The number of hydrogen-bond acceptors (Lipinski definition) is 2. The van der Waals surface area contributed by atoms with Crippen LogP contribution in [0.3, 0.4) is 0 Å². The van der Waals surface area contributed by atoms with E-state index < -0.39 is 11.4 Å². The van der Waals surface area contributed by atoms with Crippen LogP contribution in [0.25, 0.3) is 0 Å². The molecule has 0 aromatic heterocycles. The Hall–Kier alpha value is -1.26. The van der Waals surface area contributed by atoms with Crippen molar-refractivity contribution in [1.82, 2.24) is 10.2 Å². The van der Waals surface area contributed by atoms with E-state index in [1.807, 2.05) is 6.92 Å². The number of unbranched alkanes of at least 4 members (excludes halogenated alkanes) is 1.